The average molecular weight is 325 g/mol. The number of amides is 1. The molecule has 1 aromatic carbocycles. The standard InChI is InChI=1S/C20H23NOS/c1-13-9-10-16-17(12-23-19(16)11-13)20(22)21-18-8-4-6-14-5-2-3-7-15(14)18/h2-3,5,7,12-13,18H,4,6,8-11H2,1H3,(H,21,22). The topological polar surface area (TPSA) is 29.1 Å². The van der Waals surface area contributed by atoms with Gasteiger partial charge in [0.05, 0.1) is 11.6 Å². The van der Waals surface area contributed by atoms with E-state index in [-0.39, 0.29) is 11.9 Å². The summed E-state index contributed by atoms with van der Waals surface area (Å²) >= 11 is 1.77. The molecule has 0 fully saturated rings. The van der Waals surface area contributed by atoms with Crippen LogP contribution >= 0.6 is 11.3 Å². The fourth-order valence-electron chi connectivity index (χ4n) is 4.01. The van der Waals surface area contributed by atoms with Crippen LogP contribution in [0.25, 0.3) is 0 Å². The van der Waals surface area contributed by atoms with Crippen LogP contribution in [0.5, 0.6) is 0 Å². The van der Waals surface area contributed by atoms with E-state index < -0.39 is 0 Å². The minimum absolute atomic E-state index is 0.124. The molecule has 0 saturated heterocycles. The Bertz CT molecular complexity index is 733. The molecule has 1 heterocycles. The van der Waals surface area contributed by atoms with E-state index >= 15 is 0 Å². The van der Waals surface area contributed by atoms with Crippen LogP contribution in [0.15, 0.2) is 29.6 Å². The molecule has 2 nitrogen and oxygen atoms in total. The van der Waals surface area contributed by atoms with Crippen LogP contribution in [0.4, 0.5) is 0 Å². The predicted molar refractivity (Wildman–Crippen MR) is 95.1 cm³/mol. The number of fused-ring (bicyclic) bond motifs is 2. The highest BCUT2D eigenvalue weighted by Gasteiger charge is 2.26. The summed E-state index contributed by atoms with van der Waals surface area (Å²) in [5.41, 5.74) is 4.95. The van der Waals surface area contributed by atoms with Crippen molar-refractivity contribution in [1.29, 1.82) is 0 Å². The van der Waals surface area contributed by atoms with Gasteiger partial charge in [-0.1, -0.05) is 31.2 Å². The van der Waals surface area contributed by atoms with Crippen molar-refractivity contribution in [1.82, 2.24) is 5.32 Å². The van der Waals surface area contributed by atoms with E-state index in [0.717, 1.165) is 43.6 Å². The average Bonchev–Trinajstić information content (AvgIpc) is 2.98. The van der Waals surface area contributed by atoms with Crippen molar-refractivity contribution in [2.24, 2.45) is 5.92 Å². The lowest BCUT2D eigenvalue weighted by molar-refractivity contribution is 0.0932. The zero-order chi connectivity index (χ0) is 15.8. The molecule has 2 unspecified atom stereocenters. The maximum Gasteiger partial charge on any atom is 0.252 e. The van der Waals surface area contributed by atoms with Gasteiger partial charge in [-0.05, 0) is 61.1 Å². The second-order valence-corrected chi connectivity index (χ2v) is 7.98. The van der Waals surface area contributed by atoms with E-state index in [2.05, 4.69) is 41.9 Å². The van der Waals surface area contributed by atoms with Crippen molar-refractivity contribution >= 4 is 17.2 Å². The Kier molecular flexibility index (Phi) is 3.98. The highest BCUT2D eigenvalue weighted by atomic mass is 32.1. The van der Waals surface area contributed by atoms with Crippen LogP contribution in [-0.4, -0.2) is 5.91 Å². The Morgan fingerprint density at radius 2 is 2.09 bits per heavy atom. The zero-order valence-electron chi connectivity index (χ0n) is 13.6. The number of nitrogens with one attached hydrogen (secondary N) is 1. The molecule has 0 radical (unpaired) electrons. The quantitative estimate of drug-likeness (QED) is 0.853. The van der Waals surface area contributed by atoms with Gasteiger partial charge in [0.2, 0.25) is 0 Å². The monoisotopic (exact) mass is 325 g/mol. The molecule has 4 rings (SSSR count). The minimum atomic E-state index is 0.124. The van der Waals surface area contributed by atoms with Gasteiger partial charge in [0, 0.05) is 10.3 Å². The maximum atomic E-state index is 12.8. The molecule has 1 amide bonds. The first kappa shape index (κ1) is 14.9. The van der Waals surface area contributed by atoms with Gasteiger partial charge in [-0.25, -0.2) is 0 Å². The number of hydrogen-bond donors (Lipinski definition) is 1. The summed E-state index contributed by atoms with van der Waals surface area (Å²) in [7, 11) is 0. The third-order valence-electron chi connectivity index (χ3n) is 5.32. The summed E-state index contributed by atoms with van der Waals surface area (Å²) in [6, 6.07) is 8.72. The Balaban J connectivity index is 1.56. The van der Waals surface area contributed by atoms with Crippen molar-refractivity contribution in [2.45, 2.75) is 51.5 Å². The van der Waals surface area contributed by atoms with Crippen LogP contribution in [-0.2, 0) is 19.3 Å². The molecule has 2 atom stereocenters. The van der Waals surface area contributed by atoms with Crippen LogP contribution in [0, 0.1) is 5.92 Å². The van der Waals surface area contributed by atoms with E-state index in [4.69, 9.17) is 0 Å². The lowest BCUT2D eigenvalue weighted by atomic mass is 9.86. The van der Waals surface area contributed by atoms with Gasteiger partial charge in [-0.3, -0.25) is 4.79 Å². The first-order valence-corrected chi connectivity index (χ1v) is 9.58. The molecule has 1 aromatic heterocycles. The Morgan fingerprint density at radius 1 is 1.22 bits per heavy atom. The van der Waals surface area contributed by atoms with E-state index in [1.807, 2.05) is 0 Å². The van der Waals surface area contributed by atoms with Crippen molar-refractivity contribution in [3.05, 3.63) is 56.8 Å². The molecule has 1 N–H and O–H groups in total. The number of thiophene rings is 1. The number of aryl methyl sites for hydroxylation is 1. The van der Waals surface area contributed by atoms with Crippen molar-refractivity contribution in [2.75, 3.05) is 0 Å². The van der Waals surface area contributed by atoms with Gasteiger partial charge in [0.15, 0.2) is 0 Å². The largest absolute Gasteiger partial charge is 0.345 e. The lowest BCUT2D eigenvalue weighted by Gasteiger charge is -2.26. The number of benzene rings is 1. The Hall–Kier alpha value is -1.61. The highest BCUT2D eigenvalue weighted by molar-refractivity contribution is 7.10. The zero-order valence-corrected chi connectivity index (χ0v) is 14.4. The first-order valence-electron chi connectivity index (χ1n) is 8.70. The van der Waals surface area contributed by atoms with E-state index in [1.165, 1.54) is 28.0 Å². The van der Waals surface area contributed by atoms with Gasteiger partial charge in [0.25, 0.3) is 5.91 Å². The summed E-state index contributed by atoms with van der Waals surface area (Å²) in [5.74, 6) is 0.876. The number of carbonyl (C=O) groups is 1. The predicted octanol–water partition coefficient (Wildman–Crippen LogP) is 4.68. The smallest absolute Gasteiger partial charge is 0.252 e. The van der Waals surface area contributed by atoms with Crippen LogP contribution in [0.3, 0.4) is 0 Å². The molecule has 2 aliphatic carbocycles. The van der Waals surface area contributed by atoms with Crippen LogP contribution < -0.4 is 5.32 Å². The van der Waals surface area contributed by atoms with Gasteiger partial charge in [-0.2, -0.15) is 0 Å². The number of hydrogen-bond acceptors (Lipinski definition) is 2. The summed E-state index contributed by atoms with van der Waals surface area (Å²) in [6.07, 6.45) is 6.74. The third kappa shape index (κ3) is 2.83. The molecule has 0 bridgehead atoms. The molecule has 23 heavy (non-hydrogen) atoms. The van der Waals surface area contributed by atoms with Crippen LogP contribution in [0.2, 0.25) is 0 Å². The molecule has 3 heteroatoms. The lowest BCUT2D eigenvalue weighted by Crippen LogP contribution is -2.31. The summed E-state index contributed by atoms with van der Waals surface area (Å²) in [6.45, 7) is 2.31. The second kappa shape index (κ2) is 6.12. The number of carbonyl (C=O) groups excluding carboxylic acids is 1. The van der Waals surface area contributed by atoms with E-state index in [9.17, 15) is 4.79 Å². The van der Waals surface area contributed by atoms with Crippen LogP contribution in [0.1, 0.15) is 64.2 Å². The fraction of sp³-hybridized carbons (Fsp3) is 0.450. The minimum Gasteiger partial charge on any atom is -0.345 e. The summed E-state index contributed by atoms with van der Waals surface area (Å²) in [5, 5.41) is 5.38. The molecule has 120 valence electrons. The molecule has 0 aliphatic heterocycles. The van der Waals surface area contributed by atoms with Crippen molar-refractivity contribution in [3.63, 3.8) is 0 Å². The molecular formula is C20H23NOS. The maximum absolute atomic E-state index is 12.8. The number of rotatable bonds is 2. The van der Waals surface area contributed by atoms with Crippen molar-refractivity contribution < 1.29 is 4.79 Å². The fourth-order valence-corrected chi connectivity index (χ4v) is 5.25. The molecule has 2 aromatic rings. The van der Waals surface area contributed by atoms with Gasteiger partial charge >= 0.3 is 0 Å². The molecule has 0 saturated carbocycles. The van der Waals surface area contributed by atoms with Gasteiger partial charge in [-0.15, -0.1) is 11.3 Å². The molecular weight excluding hydrogens is 302 g/mol. The molecule has 2 aliphatic rings. The summed E-state index contributed by atoms with van der Waals surface area (Å²) in [4.78, 5) is 14.3. The molecule has 0 spiro atoms. The second-order valence-electron chi connectivity index (χ2n) is 7.02. The normalized spacial score (nSPS) is 23.0. The van der Waals surface area contributed by atoms with Gasteiger partial charge in [0.1, 0.15) is 0 Å². The van der Waals surface area contributed by atoms with E-state index in [1.54, 1.807) is 11.3 Å². The van der Waals surface area contributed by atoms with Gasteiger partial charge < -0.3 is 5.32 Å². The van der Waals surface area contributed by atoms with E-state index in [0.29, 0.717) is 0 Å². The summed E-state index contributed by atoms with van der Waals surface area (Å²) < 4.78 is 0. The third-order valence-corrected chi connectivity index (χ3v) is 6.37. The first-order chi connectivity index (χ1) is 11.2. The highest BCUT2D eigenvalue weighted by Crippen LogP contribution is 2.34. The Morgan fingerprint density at radius 3 is 3.00 bits per heavy atom. The van der Waals surface area contributed by atoms with Crippen molar-refractivity contribution in [3.8, 4) is 0 Å². The Labute approximate surface area is 141 Å². The SMILES string of the molecule is CC1CCc2c(C(=O)NC3CCCc4ccccc43)csc2C1.